The number of rotatable bonds is 52. The first-order valence-electron chi connectivity index (χ1n) is 28.8. The van der Waals surface area contributed by atoms with E-state index in [1.54, 1.807) is 0 Å². The summed E-state index contributed by atoms with van der Waals surface area (Å²) in [5.74, 6) is -0.969. The van der Waals surface area contributed by atoms with Gasteiger partial charge in [0.25, 0.3) is 0 Å². The van der Waals surface area contributed by atoms with E-state index in [1.807, 2.05) is 6.08 Å². The number of carbonyl (C=O) groups excluding carboxylic acids is 3. The molecule has 1 unspecified atom stereocenters. The van der Waals surface area contributed by atoms with E-state index in [-0.39, 0.29) is 37.5 Å². The van der Waals surface area contributed by atoms with Gasteiger partial charge in [0, 0.05) is 19.3 Å². The summed E-state index contributed by atoms with van der Waals surface area (Å²) in [7, 11) is 0. The maximum atomic E-state index is 12.8. The Morgan fingerprint density at radius 1 is 0.313 bits per heavy atom. The Morgan fingerprint density at radius 3 is 0.881 bits per heavy atom. The Kier molecular flexibility index (Phi) is 53.3. The fourth-order valence-corrected chi connectivity index (χ4v) is 8.26. The summed E-state index contributed by atoms with van der Waals surface area (Å²) in [6, 6.07) is 0. The SMILES string of the molecule is CC/C=C\C/C=C\C/C=C\C/C=C\C/C=C\CCC(=O)OC(COC(=O)CCCCCCCCCCCCCCCC)COC(=O)CCCCCCCCCCCCCCCCCCCCC. The Balaban J connectivity index is 4.41. The lowest BCUT2D eigenvalue weighted by Gasteiger charge is -2.18. The van der Waals surface area contributed by atoms with Gasteiger partial charge in [-0.3, -0.25) is 14.4 Å². The van der Waals surface area contributed by atoms with Crippen LogP contribution in [0.5, 0.6) is 0 Å². The molecule has 0 saturated carbocycles. The number of esters is 3. The third-order valence-electron chi connectivity index (χ3n) is 12.6. The third-order valence-corrected chi connectivity index (χ3v) is 12.6. The molecule has 0 aliphatic carbocycles. The van der Waals surface area contributed by atoms with E-state index in [0.717, 1.165) is 70.6 Å². The molecule has 1 atom stereocenters. The van der Waals surface area contributed by atoms with Crippen LogP contribution in [0.4, 0.5) is 0 Å². The maximum Gasteiger partial charge on any atom is 0.306 e. The van der Waals surface area contributed by atoms with E-state index in [1.165, 1.54) is 173 Å². The minimum Gasteiger partial charge on any atom is -0.462 e. The van der Waals surface area contributed by atoms with Gasteiger partial charge in [0.05, 0.1) is 0 Å². The molecule has 67 heavy (non-hydrogen) atoms. The van der Waals surface area contributed by atoms with Crippen LogP contribution in [0.15, 0.2) is 60.8 Å². The van der Waals surface area contributed by atoms with Crippen molar-refractivity contribution in [2.45, 2.75) is 297 Å². The smallest absolute Gasteiger partial charge is 0.306 e. The van der Waals surface area contributed by atoms with Gasteiger partial charge in [0.15, 0.2) is 6.10 Å². The van der Waals surface area contributed by atoms with Crippen molar-refractivity contribution in [2.24, 2.45) is 0 Å². The summed E-state index contributed by atoms with van der Waals surface area (Å²) < 4.78 is 16.8. The van der Waals surface area contributed by atoms with Gasteiger partial charge in [-0.2, -0.15) is 0 Å². The predicted molar refractivity (Wildman–Crippen MR) is 288 cm³/mol. The average Bonchev–Trinajstić information content (AvgIpc) is 3.33. The van der Waals surface area contributed by atoms with E-state index in [9.17, 15) is 14.4 Å². The molecule has 0 aliphatic rings. The molecular weight excluding hydrogens is 829 g/mol. The Morgan fingerprint density at radius 2 is 0.582 bits per heavy atom. The minimum atomic E-state index is -0.810. The Bertz CT molecular complexity index is 1210. The van der Waals surface area contributed by atoms with Gasteiger partial charge in [-0.05, 0) is 51.4 Å². The Hall–Kier alpha value is -2.89. The van der Waals surface area contributed by atoms with Gasteiger partial charge < -0.3 is 14.2 Å². The molecule has 6 heteroatoms. The van der Waals surface area contributed by atoms with Gasteiger partial charge in [-0.1, -0.05) is 281 Å². The van der Waals surface area contributed by atoms with Crippen LogP contribution in [-0.2, 0) is 28.6 Å². The van der Waals surface area contributed by atoms with Crippen LogP contribution in [0.2, 0.25) is 0 Å². The molecule has 0 aromatic carbocycles. The zero-order valence-electron chi connectivity index (χ0n) is 44.4. The topological polar surface area (TPSA) is 78.9 Å². The van der Waals surface area contributed by atoms with Crippen LogP contribution in [0.25, 0.3) is 0 Å². The van der Waals surface area contributed by atoms with E-state index in [4.69, 9.17) is 14.2 Å². The highest BCUT2D eigenvalue weighted by atomic mass is 16.6. The van der Waals surface area contributed by atoms with Crippen molar-refractivity contribution in [1.82, 2.24) is 0 Å². The van der Waals surface area contributed by atoms with E-state index < -0.39 is 6.10 Å². The van der Waals surface area contributed by atoms with Crippen LogP contribution >= 0.6 is 0 Å². The number of unbranched alkanes of at least 4 members (excludes halogenated alkanes) is 31. The summed E-state index contributed by atoms with van der Waals surface area (Å²) in [5.41, 5.74) is 0. The van der Waals surface area contributed by atoms with Crippen LogP contribution < -0.4 is 0 Å². The fraction of sp³-hybridized carbons (Fsp3) is 0.787. The van der Waals surface area contributed by atoms with E-state index >= 15 is 0 Å². The fourth-order valence-electron chi connectivity index (χ4n) is 8.26. The lowest BCUT2D eigenvalue weighted by molar-refractivity contribution is -0.166. The molecule has 0 aliphatic heterocycles. The second-order valence-corrected chi connectivity index (χ2v) is 19.2. The van der Waals surface area contributed by atoms with Crippen molar-refractivity contribution >= 4 is 17.9 Å². The molecule has 0 radical (unpaired) electrons. The third kappa shape index (κ3) is 53.9. The second kappa shape index (κ2) is 55.7. The van der Waals surface area contributed by atoms with E-state index in [2.05, 4.69) is 75.5 Å². The molecule has 0 heterocycles. The molecule has 0 amide bonds. The number of ether oxygens (including phenoxy) is 3. The number of hydrogen-bond acceptors (Lipinski definition) is 6. The summed E-state index contributed by atoms with van der Waals surface area (Å²) in [5, 5.41) is 0. The molecule has 0 rings (SSSR count). The standard InChI is InChI=1S/C61H108O6/c1-4-7-10-13-16-19-22-25-28-30-31-32-34-36-39-42-45-48-51-54-60(63)66-57-58(56-65-59(62)53-50-47-44-41-38-35-27-24-21-18-15-12-9-6-3)67-61(64)55-52-49-46-43-40-37-33-29-26-23-20-17-14-11-8-5-2/h8,11,17,20,26,29,37,40,46,49,58H,4-7,9-10,12-16,18-19,21-25,27-28,30-36,38-39,41-45,47-48,50-57H2,1-3H3/b11-8-,20-17-,29-26-,40-37-,49-46-. The predicted octanol–water partition coefficient (Wildman–Crippen LogP) is 19.2. The first kappa shape index (κ1) is 64.1. The van der Waals surface area contributed by atoms with Crippen LogP contribution in [0, 0.1) is 0 Å². The van der Waals surface area contributed by atoms with Crippen molar-refractivity contribution < 1.29 is 28.6 Å². The minimum absolute atomic E-state index is 0.0997. The second-order valence-electron chi connectivity index (χ2n) is 19.2. The monoisotopic (exact) mass is 937 g/mol. The van der Waals surface area contributed by atoms with Crippen LogP contribution in [0.3, 0.4) is 0 Å². The summed E-state index contributed by atoms with van der Waals surface area (Å²) in [4.78, 5) is 38.1. The number of carbonyl (C=O) groups is 3. The van der Waals surface area contributed by atoms with Crippen molar-refractivity contribution in [2.75, 3.05) is 13.2 Å². The largest absolute Gasteiger partial charge is 0.462 e. The maximum absolute atomic E-state index is 12.8. The van der Waals surface area contributed by atoms with Gasteiger partial charge >= 0.3 is 17.9 Å². The Labute approximate surface area is 415 Å². The molecule has 388 valence electrons. The van der Waals surface area contributed by atoms with Gasteiger partial charge in [-0.25, -0.2) is 0 Å². The molecule has 0 N–H and O–H groups in total. The molecule has 0 bridgehead atoms. The highest BCUT2D eigenvalue weighted by Crippen LogP contribution is 2.17. The highest BCUT2D eigenvalue weighted by Gasteiger charge is 2.19. The average molecular weight is 938 g/mol. The zero-order chi connectivity index (χ0) is 48.6. The first-order chi connectivity index (χ1) is 33.0. The summed E-state index contributed by atoms with van der Waals surface area (Å²) in [6.45, 7) is 6.50. The molecule has 6 nitrogen and oxygen atoms in total. The van der Waals surface area contributed by atoms with Crippen LogP contribution in [-0.4, -0.2) is 37.2 Å². The summed E-state index contributed by atoms with van der Waals surface area (Å²) >= 11 is 0. The van der Waals surface area contributed by atoms with Crippen molar-refractivity contribution in [3.8, 4) is 0 Å². The molecular formula is C61H108O6. The normalized spacial score (nSPS) is 12.5. The number of allylic oxidation sites excluding steroid dienone is 10. The lowest BCUT2D eigenvalue weighted by atomic mass is 10.0. The highest BCUT2D eigenvalue weighted by molar-refractivity contribution is 5.71. The van der Waals surface area contributed by atoms with E-state index in [0.29, 0.717) is 19.3 Å². The lowest BCUT2D eigenvalue weighted by Crippen LogP contribution is -2.30. The van der Waals surface area contributed by atoms with Gasteiger partial charge in [0.1, 0.15) is 13.2 Å². The van der Waals surface area contributed by atoms with Crippen molar-refractivity contribution in [3.05, 3.63) is 60.8 Å². The quantitative estimate of drug-likeness (QED) is 0.0262. The zero-order valence-corrected chi connectivity index (χ0v) is 44.4. The van der Waals surface area contributed by atoms with Gasteiger partial charge in [-0.15, -0.1) is 0 Å². The molecule has 0 fully saturated rings. The molecule has 0 aromatic heterocycles. The summed E-state index contributed by atoms with van der Waals surface area (Å²) in [6.07, 6.45) is 69.4. The molecule has 0 saturated heterocycles. The molecule has 0 aromatic rings. The first-order valence-corrected chi connectivity index (χ1v) is 28.8. The number of hydrogen-bond donors (Lipinski definition) is 0. The van der Waals surface area contributed by atoms with Crippen LogP contribution in [0.1, 0.15) is 290 Å². The van der Waals surface area contributed by atoms with Crippen molar-refractivity contribution in [1.29, 1.82) is 0 Å². The molecule has 0 spiro atoms. The van der Waals surface area contributed by atoms with Gasteiger partial charge in [0.2, 0.25) is 0 Å². The van der Waals surface area contributed by atoms with Crippen molar-refractivity contribution in [3.63, 3.8) is 0 Å².